The first-order chi connectivity index (χ1) is 10.7. The van der Waals surface area contributed by atoms with E-state index in [0.29, 0.717) is 11.6 Å². The third-order valence-corrected chi connectivity index (χ3v) is 4.16. The predicted molar refractivity (Wildman–Crippen MR) is 89.3 cm³/mol. The van der Waals surface area contributed by atoms with Crippen molar-refractivity contribution in [3.8, 4) is 0 Å². The molecule has 0 N–H and O–H groups in total. The largest absolute Gasteiger partial charge is 0.367 e. The average molecular weight is 317 g/mol. The minimum absolute atomic E-state index is 0.301. The zero-order valence-electron chi connectivity index (χ0n) is 12.4. The van der Waals surface area contributed by atoms with E-state index in [0.717, 1.165) is 48.3 Å². The number of aromatic nitrogens is 1. The van der Waals surface area contributed by atoms with E-state index in [1.165, 1.54) is 0 Å². The van der Waals surface area contributed by atoms with Gasteiger partial charge in [-0.15, -0.1) is 0 Å². The topological polar surface area (TPSA) is 68.1 Å². The van der Waals surface area contributed by atoms with Gasteiger partial charge in [0.05, 0.1) is 17.7 Å². The number of pyridine rings is 1. The molecular weight excluding hydrogens is 300 g/mol. The highest BCUT2D eigenvalue weighted by Crippen LogP contribution is 2.30. The van der Waals surface area contributed by atoms with E-state index in [4.69, 9.17) is 17.1 Å². The van der Waals surface area contributed by atoms with Crippen LogP contribution in [0.5, 0.6) is 0 Å². The molecule has 3 rings (SSSR count). The molecule has 0 saturated carbocycles. The van der Waals surface area contributed by atoms with Crippen LogP contribution in [0.15, 0.2) is 29.5 Å². The number of halogens is 1. The smallest absolute Gasteiger partial charge is 0.0936 e. The van der Waals surface area contributed by atoms with E-state index < -0.39 is 0 Å². The average Bonchev–Trinajstić information content (AvgIpc) is 2.52. The summed E-state index contributed by atoms with van der Waals surface area (Å²) >= 11 is 6.28. The van der Waals surface area contributed by atoms with Gasteiger partial charge in [0.1, 0.15) is 0 Å². The number of fused-ring (bicyclic) bond motifs is 1. The van der Waals surface area contributed by atoms with Gasteiger partial charge < -0.3 is 9.80 Å². The van der Waals surface area contributed by atoms with Crippen molar-refractivity contribution in [2.45, 2.75) is 6.54 Å². The van der Waals surface area contributed by atoms with E-state index in [9.17, 15) is 0 Å². The molecule has 6 nitrogen and oxygen atoms in total. The fourth-order valence-corrected chi connectivity index (χ4v) is 2.95. The van der Waals surface area contributed by atoms with Crippen molar-refractivity contribution >= 4 is 28.2 Å². The highest BCUT2D eigenvalue weighted by molar-refractivity contribution is 6.31. The zero-order chi connectivity index (χ0) is 15.5. The number of benzene rings is 1. The van der Waals surface area contributed by atoms with Gasteiger partial charge in [0.25, 0.3) is 0 Å². The second kappa shape index (κ2) is 6.40. The van der Waals surface area contributed by atoms with Gasteiger partial charge in [0, 0.05) is 47.7 Å². The zero-order valence-corrected chi connectivity index (χ0v) is 13.2. The molecule has 0 unspecified atom stereocenters. The number of piperazine rings is 1. The molecule has 22 heavy (non-hydrogen) atoms. The summed E-state index contributed by atoms with van der Waals surface area (Å²) in [6.45, 7) is 4.30. The Labute approximate surface area is 133 Å². The van der Waals surface area contributed by atoms with Gasteiger partial charge >= 0.3 is 0 Å². The standard InChI is InChI=1S/C15H17ClN6/c1-21-2-4-22(5-3-21)14-8-13(16)7-12-6-11(10-19-20-17)9-18-15(12)14/h6-9H,2-5,10H2,1H3. The van der Waals surface area contributed by atoms with Crippen LogP contribution in [0.1, 0.15) is 5.56 Å². The molecule has 114 valence electrons. The number of hydrogen-bond donors (Lipinski definition) is 0. The predicted octanol–water partition coefficient (Wildman–Crippen LogP) is 3.45. The SMILES string of the molecule is CN1CCN(c2cc(Cl)cc3cc(CN=[N+]=[N-])cnc23)CC1. The lowest BCUT2D eigenvalue weighted by molar-refractivity contribution is 0.313. The van der Waals surface area contributed by atoms with Crippen LogP contribution in [-0.4, -0.2) is 43.1 Å². The van der Waals surface area contributed by atoms with Crippen LogP contribution in [0.4, 0.5) is 5.69 Å². The molecule has 1 aromatic heterocycles. The molecule has 1 fully saturated rings. The first-order valence-electron chi connectivity index (χ1n) is 7.20. The lowest BCUT2D eigenvalue weighted by Crippen LogP contribution is -2.44. The van der Waals surface area contributed by atoms with Crippen molar-refractivity contribution in [1.29, 1.82) is 0 Å². The number of azide groups is 1. The quantitative estimate of drug-likeness (QED) is 0.495. The third kappa shape index (κ3) is 3.09. The summed E-state index contributed by atoms with van der Waals surface area (Å²) in [6, 6.07) is 5.88. The molecule has 1 aliphatic heterocycles. The van der Waals surface area contributed by atoms with Crippen LogP contribution in [0.3, 0.4) is 0 Å². The molecule has 7 heteroatoms. The molecule has 0 atom stereocenters. The monoisotopic (exact) mass is 316 g/mol. The number of nitrogens with zero attached hydrogens (tertiary/aromatic N) is 6. The van der Waals surface area contributed by atoms with Gasteiger partial charge in [-0.2, -0.15) is 0 Å². The van der Waals surface area contributed by atoms with Crippen LogP contribution in [0.25, 0.3) is 21.3 Å². The lowest BCUT2D eigenvalue weighted by atomic mass is 10.1. The Hall–Kier alpha value is -2.01. The van der Waals surface area contributed by atoms with Gasteiger partial charge in [-0.1, -0.05) is 16.7 Å². The minimum atomic E-state index is 0.301. The fraction of sp³-hybridized carbons (Fsp3) is 0.400. The molecule has 1 aliphatic rings. The fourth-order valence-electron chi connectivity index (χ4n) is 2.73. The second-order valence-electron chi connectivity index (χ2n) is 5.52. The van der Waals surface area contributed by atoms with E-state index in [1.54, 1.807) is 6.20 Å². The summed E-state index contributed by atoms with van der Waals surface area (Å²) in [5, 5.41) is 5.26. The number of likely N-dealkylation sites (N-methyl/N-ethyl adjacent to an activating group) is 1. The normalized spacial score (nSPS) is 15.8. The highest BCUT2D eigenvalue weighted by atomic mass is 35.5. The second-order valence-corrected chi connectivity index (χ2v) is 5.96. The van der Waals surface area contributed by atoms with Crippen LogP contribution in [0, 0.1) is 0 Å². The van der Waals surface area contributed by atoms with Crippen molar-refractivity contribution < 1.29 is 0 Å². The lowest BCUT2D eigenvalue weighted by Gasteiger charge is -2.34. The number of hydrogen-bond acceptors (Lipinski definition) is 4. The maximum absolute atomic E-state index is 8.43. The van der Waals surface area contributed by atoms with Crippen molar-refractivity contribution in [3.63, 3.8) is 0 Å². The van der Waals surface area contributed by atoms with Crippen LogP contribution < -0.4 is 4.90 Å². The molecule has 2 aromatic rings. The minimum Gasteiger partial charge on any atom is -0.367 e. The Morgan fingerprint density at radius 1 is 1.27 bits per heavy atom. The Kier molecular flexibility index (Phi) is 4.34. The molecule has 0 amide bonds. The maximum atomic E-state index is 8.43. The number of rotatable bonds is 3. The van der Waals surface area contributed by atoms with Crippen LogP contribution in [-0.2, 0) is 6.54 Å². The van der Waals surface area contributed by atoms with E-state index in [-0.39, 0.29) is 0 Å². The van der Waals surface area contributed by atoms with E-state index in [1.807, 2.05) is 18.2 Å². The van der Waals surface area contributed by atoms with Gasteiger partial charge in [-0.25, -0.2) is 0 Å². The summed E-state index contributed by atoms with van der Waals surface area (Å²) < 4.78 is 0. The van der Waals surface area contributed by atoms with E-state index >= 15 is 0 Å². The Balaban J connectivity index is 2.01. The van der Waals surface area contributed by atoms with Gasteiger partial charge in [0.15, 0.2) is 0 Å². The first-order valence-corrected chi connectivity index (χ1v) is 7.57. The maximum Gasteiger partial charge on any atom is 0.0936 e. The van der Waals surface area contributed by atoms with Crippen molar-refractivity contribution in [3.05, 3.63) is 45.4 Å². The van der Waals surface area contributed by atoms with E-state index in [2.05, 4.69) is 31.9 Å². The number of anilines is 1. The first kappa shape index (κ1) is 14.9. The Morgan fingerprint density at radius 3 is 2.77 bits per heavy atom. The summed E-state index contributed by atoms with van der Waals surface area (Å²) in [7, 11) is 2.13. The summed E-state index contributed by atoms with van der Waals surface area (Å²) in [4.78, 5) is 12.0. The van der Waals surface area contributed by atoms with Gasteiger partial charge in [0.2, 0.25) is 0 Å². The highest BCUT2D eigenvalue weighted by Gasteiger charge is 2.17. The van der Waals surface area contributed by atoms with Gasteiger partial charge in [-0.3, -0.25) is 4.98 Å². The van der Waals surface area contributed by atoms with Crippen LogP contribution in [0.2, 0.25) is 5.02 Å². The Bertz CT molecular complexity index is 732. The van der Waals surface area contributed by atoms with Gasteiger partial charge in [-0.05, 0) is 36.3 Å². The molecule has 0 bridgehead atoms. The van der Waals surface area contributed by atoms with Crippen molar-refractivity contribution in [2.75, 3.05) is 38.1 Å². The summed E-state index contributed by atoms with van der Waals surface area (Å²) in [6.07, 6.45) is 1.77. The molecular formula is C15H17ClN6. The molecule has 1 aromatic carbocycles. The van der Waals surface area contributed by atoms with Crippen LogP contribution >= 0.6 is 11.6 Å². The molecule has 0 spiro atoms. The summed E-state index contributed by atoms with van der Waals surface area (Å²) in [5.41, 5.74) is 11.3. The molecule has 1 saturated heterocycles. The van der Waals surface area contributed by atoms with Crippen molar-refractivity contribution in [1.82, 2.24) is 9.88 Å². The van der Waals surface area contributed by atoms with Crippen molar-refractivity contribution in [2.24, 2.45) is 5.11 Å². The Morgan fingerprint density at radius 2 is 2.05 bits per heavy atom. The summed E-state index contributed by atoms with van der Waals surface area (Å²) in [5.74, 6) is 0. The molecule has 0 aliphatic carbocycles. The molecule has 0 radical (unpaired) electrons. The molecule has 2 heterocycles. The third-order valence-electron chi connectivity index (χ3n) is 3.94.